The Morgan fingerprint density at radius 1 is 0.914 bits per heavy atom. The van der Waals surface area contributed by atoms with Gasteiger partial charge in [0.1, 0.15) is 6.04 Å². The first-order valence-corrected chi connectivity index (χ1v) is 10.6. The average molecular weight is 669 g/mol. The standard InChI is InChI=1S/C21H30N4O9.Re/c26-17(27)8-7-14(11-18(28)29)23-21(34)24-16(20(32)33)6-2-4-10-25(13-19(30)31)12-15-5-1-3-9-22-15;/h1,3,5,9,14,16H,2,4,6-8,10-13H2,(H,26,27)(H,28,29)(H,30,31)(H,32,33)(H2,23,24,34);. The number of rotatable bonds is 17. The molecule has 1 aromatic heterocycles. The summed E-state index contributed by atoms with van der Waals surface area (Å²) in [5, 5.41) is 40.7. The monoisotopic (exact) mass is 669 g/mol. The van der Waals surface area contributed by atoms with E-state index in [4.69, 9.17) is 15.3 Å². The molecule has 14 heteroatoms. The number of carbonyl (C=O) groups is 5. The Bertz CT molecular complexity index is 841. The van der Waals surface area contributed by atoms with Crippen LogP contribution in [0.3, 0.4) is 0 Å². The van der Waals surface area contributed by atoms with Gasteiger partial charge in [0.15, 0.2) is 0 Å². The molecule has 1 rings (SSSR count). The van der Waals surface area contributed by atoms with E-state index in [-0.39, 0.29) is 46.2 Å². The summed E-state index contributed by atoms with van der Waals surface area (Å²) < 4.78 is 0. The molecule has 2 unspecified atom stereocenters. The van der Waals surface area contributed by atoms with Crippen LogP contribution >= 0.6 is 0 Å². The number of hydrogen-bond acceptors (Lipinski definition) is 7. The predicted molar refractivity (Wildman–Crippen MR) is 117 cm³/mol. The van der Waals surface area contributed by atoms with Crippen molar-refractivity contribution in [3.05, 3.63) is 30.1 Å². The van der Waals surface area contributed by atoms with Crippen LogP contribution in [-0.2, 0) is 46.1 Å². The van der Waals surface area contributed by atoms with Crippen LogP contribution in [0.15, 0.2) is 24.4 Å². The molecule has 1 heterocycles. The molecule has 0 aliphatic carbocycles. The number of amides is 2. The molecule has 2 atom stereocenters. The normalized spacial score (nSPS) is 12.1. The van der Waals surface area contributed by atoms with Gasteiger partial charge >= 0.3 is 29.9 Å². The van der Waals surface area contributed by atoms with Gasteiger partial charge in [-0.3, -0.25) is 24.3 Å². The molecule has 0 aliphatic rings. The number of aliphatic carboxylic acids is 4. The summed E-state index contributed by atoms with van der Waals surface area (Å²) in [6, 6.07) is 2.17. The Morgan fingerprint density at radius 3 is 2.17 bits per heavy atom. The van der Waals surface area contributed by atoms with E-state index in [1.54, 1.807) is 29.3 Å². The second kappa shape index (κ2) is 17.4. The zero-order valence-corrected chi connectivity index (χ0v) is 21.6. The minimum atomic E-state index is -1.29. The predicted octanol–water partition coefficient (Wildman–Crippen LogP) is 0.597. The molecule has 1 radical (unpaired) electrons. The SMILES string of the molecule is O=C(O)CCC(CC(=O)O)NC(=O)NC(CCCCN(CC(=O)O)Cc1ccccn1)C(=O)O.[Re]. The largest absolute Gasteiger partial charge is 0.481 e. The summed E-state index contributed by atoms with van der Waals surface area (Å²) in [4.78, 5) is 62.3. The van der Waals surface area contributed by atoms with Gasteiger partial charge < -0.3 is 31.1 Å². The molecule has 195 valence electrons. The number of hydrogen-bond donors (Lipinski definition) is 6. The minimum absolute atomic E-state index is 0. The quantitative estimate of drug-likeness (QED) is 0.127. The van der Waals surface area contributed by atoms with E-state index in [9.17, 15) is 29.1 Å². The number of nitrogens with one attached hydrogen (secondary N) is 2. The third-order valence-corrected chi connectivity index (χ3v) is 4.75. The average Bonchev–Trinajstić information content (AvgIpc) is 2.73. The van der Waals surface area contributed by atoms with Crippen LogP contribution in [0, 0.1) is 0 Å². The Balaban J connectivity index is 0.0000116. The van der Waals surface area contributed by atoms with Crippen LogP contribution in [0.1, 0.15) is 44.2 Å². The van der Waals surface area contributed by atoms with Gasteiger partial charge in [0, 0.05) is 45.6 Å². The third kappa shape index (κ3) is 15.4. The maximum atomic E-state index is 12.2. The molecule has 0 aliphatic heterocycles. The van der Waals surface area contributed by atoms with E-state index in [1.807, 2.05) is 0 Å². The number of aromatic nitrogens is 1. The topological polar surface area (TPSA) is 206 Å². The van der Waals surface area contributed by atoms with Crippen molar-refractivity contribution < 1.29 is 64.8 Å². The van der Waals surface area contributed by atoms with Crippen molar-refractivity contribution in [3.8, 4) is 0 Å². The molecule has 0 fully saturated rings. The Morgan fingerprint density at radius 2 is 1.63 bits per heavy atom. The first-order valence-electron chi connectivity index (χ1n) is 10.6. The molecule has 0 spiro atoms. The molecule has 0 saturated carbocycles. The van der Waals surface area contributed by atoms with E-state index >= 15 is 0 Å². The van der Waals surface area contributed by atoms with E-state index in [1.165, 1.54) is 0 Å². The maximum absolute atomic E-state index is 12.2. The van der Waals surface area contributed by atoms with Gasteiger partial charge in [-0.05, 0) is 44.4 Å². The molecule has 0 aromatic carbocycles. The molecule has 0 bridgehead atoms. The van der Waals surface area contributed by atoms with E-state index in [0.717, 1.165) is 0 Å². The summed E-state index contributed by atoms with van der Waals surface area (Å²) >= 11 is 0. The summed E-state index contributed by atoms with van der Waals surface area (Å²) in [5.41, 5.74) is 0.698. The van der Waals surface area contributed by atoms with Crippen molar-refractivity contribution in [2.24, 2.45) is 0 Å². The van der Waals surface area contributed by atoms with Gasteiger partial charge in [0.2, 0.25) is 0 Å². The number of nitrogens with zero attached hydrogens (tertiary/aromatic N) is 2. The number of pyridine rings is 1. The van der Waals surface area contributed by atoms with E-state index in [0.29, 0.717) is 31.6 Å². The van der Waals surface area contributed by atoms with Crippen molar-refractivity contribution in [2.45, 2.75) is 57.2 Å². The molecule has 2 amide bonds. The number of carboxylic acids is 4. The van der Waals surface area contributed by atoms with Crippen molar-refractivity contribution >= 4 is 29.9 Å². The van der Waals surface area contributed by atoms with E-state index in [2.05, 4.69) is 15.6 Å². The zero-order chi connectivity index (χ0) is 25.5. The molecule has 1 aromatic rings. The molecule has 0 saturated heterocycles. The fourth-order valence-corrected chi connectivity index (χ4v) is 3.19. The first kappa shape index (κ1) is 31.9. The maximum Gasteiger partial charge on any atom is 0.326 e. The number of unbranched alkanes of at least 4 members (excludes halogenated alkanes) is 1. The van der Waals surface area contributed by atoms with Crippen LogP contribution in [0.25, 0.3) is 0 Å². The fourth-order valence-electron chi connectivity index (χ4n) is 3.19. The molecular weight excluding hydrogens is 638 g/mol. The van der Waals surface area contributed by atoms with Gasteiger partial charge in [-0.2, -0.15) is 0 Å². The number of carboxylic acid groups (broad SMARTS) is 4. The molecule has 6 N–H and O–H groups in total. The van der Waals surface area contributed by atoms with Crippen molar-refractivity contribution in [1.82, 2.24) is 20.5 Å². The van der Waals surface area contributed by atoms with Crippen molar-refractivity contribution in [3.63, 3.8) is 0 Å². The minimum Gasteiger partial charge on any atom is -0.481 e. The van der Waals surface area contributed by atoms with Crippen LogP contribution < -0.4 is 10.6 Å². The number of urea groups is 1. The van der Waals surface area contributed by atoms with Crippen LogP contribution in [0.2, 0.25) is 0 Å². The number of carbonyl (C=O) groups excluding carboxylic acids is 1. The van der Waals surface area contributed by atoms with Crippen molar-refractivity contribution in [2.75, 3.05) is 13.1 Å². The molecule has 13 nitrogen and oxygen atoms in total. The smallest absolute Gasteiger partial charge is 0.326 e. The fraction of sp³-hybridized carbons (Fsp3) is 0.524. The van der Waals surface area contributed by atoms with Crippen molar-refractivity contribution in [1.29, 1.82) is 0 Å². The van der Waals surface area contributed by atoms with E-state index < -0.39 is 48.4 Å². The van der Waals surface area contributed by atoms with Crippen LogP contribution in [-0.4, -0.2) is 85.4 Å². The second-order valence-electron chi connectivity index (χ2n) is 7.66. The first-order chi connectivity index (χ1) is 16.1. The summed E-state index contributed by atoms with van der Waals surface area (Å²) in [7, 11) is 0. The summed E-state index contributed by atoms with van der Waals surface area (Å²) in [6.45, 7) is 0.482. The zero-order valence-electron chi connectivity index (χ0n) is 18.9. The third-order valence-electron chi connectivity index (χ3n) is 4.75. The van der Waals surface area contributed by atoms with Gasteiger partial charge in [-0.15, -0.1) is 0 Å². The van der Waals surface area contributed by atoms with Crippen LogP contribution in [0.4, 0.5) is 4.79 Å². The summed E-state index contributed by atoms with van der Waals surface area (Å²) in [6.07, 6.45) is 1.51. The summed E-state index contributed by atoms with van der Waals surface area (Å²) in [5.74, 6) is -4.68. The Kier molecular flexibility index (Phi) is 15.8. The van der Waals surface area contributed by atoms with Gasteiger partial charge in [0.25, 0.3) is 0 Å². The van der Waals surface area contributed by atoms with Gasteiger partial charge in [0.05, 0.1) is 18.7 Å². The van der Waals surface area contributed by atoms with Crippen LogP contribution in [0.5, 0.6) is 0 Å². The second-order valence-corrected chi connectivity index (χ2v) is 7.66. The van der Waals surface area contributed by atoms with Gasteiger partial charge in [-0.25, -0.2) is 9.59 Å². The molecular formula is C21H30N4O9Re. The molecule has 35 heavy (non-hydrogen) atoms. The van der Waals surface area contributed by atoms with Gasteiger partial charge in [-0.1, -0.05) is 6.07 Å². The Hall–Kier alpha value is -3.08. The Labute approximate surface area is 215 Å².